The van der Waals surface area contributed by atoms with Gasteiger partial charge in [0.2, 0.25) is 0 Å². The van der Waals surface area contributed by atoms with Gasteiger partial charge in [0.15, 0.2) is 9.84 Å². The Bertz CT molecular complexity index is 564. The summed E-state index contributed by atoms with van der Waals surface area (Å²) in [5.41, 5.74) is 0.369. The Morgan fingerprint density at radius 3 is 2.63 bits per heavy atom. The van der Waals surface area contributed by atoms with Crippen molar-refractivity contribution in [1.82, 2.24) is 9.78 Å². The van der Waals surface area contributed by atoms with Crippen molar-refractivity contribution in [2.75, 3.05) is 23.4 Å². The second-order valence-electron chi connectivity index (χ2n) is 4.82. The van der Waals surface area contributed by atoms with Crippen LogP contribution in [0.4, 0.5) is 5.69 Å². The molecule has 0 aromatic carbocycles. The number of aryl methyl sites for hydroxylation is 1. The Morgan fingerprint density at radius 1 is 1.42 bits per heavy atom. The second kappa shape index (κ2) is 6.70. The van der Waals surface area contributed by atoms with Gasteiger partial charge < -0.3 is 5.32 Å². The zero-order valence-corrected chi connectivity index (χ0v) is 12.4. The average Bonchev–Trinajstić information content (AvgIpc) is 2.35. The number of nitrogens with one attached hydrogen (secondary N) is 1. The van der Waals surface area contributed by atoms with Gasteiger partial charge in [-0.25, -0.2) is 13.1 Å². The van der Waals surface area contributed by atoms with Gasteiger partial charge in [0.05, 0.1) is 24.2 Å². The SMILES string of the molecule is CCS(=O)(=O)CCn1ncc(NCC(C)C)cc1=O. The predicted octanol–water partition coefficient (Wildman–Crippen LogP) is 0.746. The van der Waals surface area contributed by atoms with Crippen LogP contribution in [-0.4, -0.2) is 36.2 Å². The molecule has 108 valence electrons. The molecule has 0 aliphatic heterocycles. The maximum atomic E-state index is 11.8. The van der Waals surface area contributed by atoms with Gasteiger partial charge in [-0.3, -0.25) is 4.79 Å². The minimum absolute atomic E-state index is 0.0603. The van der Waals surface area contributed by atoms with Crippen LogP contribution in [0, 0.1) is 5.92 Å². The third kappa shape index (κ3) is 5.42. The Labute approximate surface area is 113 Å². The van der Waals surface area contributed by atoms with Crippen LogP contribution in [0.2, 0.25) is 0 Å². The highest BCUT2D eigenvalue weighted by molar-refractivity contribution is 7.91. The summed E-state index contributed by atoms with van der Waals surface area (Å²) < 4.78 is 23.9. The summed E-state index contributed by atoms with van der Waals surface area (Å²) in [6.45, 7) is 6.58. The number of sulfone groups is 1. The molecule has 1 aromatic heterocycles. The fourth-order valence-electron chi connectivity index (χ4n) is 1.39. The molecule has 0 aliphatic carbocycles. The van der Waals surface area contributed by atoms with Gasteiger partial charge in [-0.1, -0.05) is 20.8 Å². The lowest BCUT2D eigenvalue weighted by atomic mass is 10.2. The Morgan fingerprint density at radius 2 is 2.11 bits per heavy atom. The zero-order chi connectivity index (χ0) is 14.5. The molecule has 0 bridgehead atoms. The number of hydrogen-bond acceptors (Lipinski definition) is 5. The van der Waals surface area contributed by atoms with Crippen LogP contribution in [0.5, 0.6) is 0 Å². The lowest BCUT2D eigenvalue weighted by Gasteiger charge is -2.09. The molecule has 1 heterocycles. The first-order valence-corrected chi connectivity index (χ1v) is 8.17. The van der Waals surface area contributed by atoms with Crippen LogP contribution in [0.25, 0.3) is 0 Å². The lowest BCUT2D eigenvalue weighted by Crippen LogP contribution is -2.27. The van der Waals surface area contributed by atoms with Crippen LogP contribution in [0.15, 0.2) is 17.1 Å². The fraction of sp³-hybridized carbons (Fsp3) is 0.667. The van der Waals surface area contributed by atoms with E-state index in [1.807, 2.05) is 0 Å². The van der Waals surface area contributed by atoms with Crippen molar-refractivity contribution in [3.05, 3.63) is 22.6 Å². The van der Waals surface area contributed by atoms with Crippen molar-refractivity contribution in [1.29, 1.82) is 0 Å². The minimum Gasteiger partial charge on any atom is -0.383 e. The first kappa shape index (κ1) is 15.7. The van der Waals surface area contributed by atoms with Crippen molar-refractivity contribution >= 4 is 15.5 Å². The van der Waals surface area contributed by atoms with Crippen LogP contribution in [-0.2, 0) is 16.4 Å². The maximum Gasteiger partial charge on any atom is 0.268 e. The van der Waals surface area contributed by atoms with Gasteiger partial charge in [-0.15, -0.1) is 0 Å². The zero-order valence-electron chi connectivity index (χ0n) is 11.6. The van der Waals surface area contributed by atoms with Gasteiger partial charge in [0.25, 0.3) is 5.56 Å². The van der Waals surface area contributed by atoms with Crippen molar-refractivity contribution in [2.45, 2.75) is 27.3 Å². The van der Waals surface area contributed by atoms with Crippen molar-refractivity contribution in [2.24, 2.45) is 5.92 Å². The number of hydrogen-bond donors (Lipinski definition) is 1. The molecule has 0 unspecified atom stereocenters. The summed E-state index contributed by atoms with van der Waals surface area (Å²) in [5.74, 6) is 0.488. The fourth-order valence-corrected chi connectivity index (χ4v) is 2.13. The van der Waals surface area contributed by atoms with E-state index in [4.69, 9.17) is 0 Å². The van der Waals surface area contributed by atoms with Crippen LogP contribution in [0.3, 0.4) is 0 Å². The highest BCUT2D eigenvalue weighted by Gasteiger charge is 2.09. The van der Waals surface area contributed by atoms with E-state index in [1.165, 1.54) is 10.7 Å². The molecule has 0 spiro atoms. The lowest BCUT2D eigenvalue weighted by molar-refractivity contribution is 0.572. The monoisotopic (exact) mass is 287 g/mol. The molecule has 6 nitrogen and oxygen atoms in total. The number of nitrogens with zero attached hydrogens (tertiary/aromatic N) is 2. The molecule has 0 saturated heterocycles. The van der Waals surface area contributed by atoms with E-state index in [0.717, 1.165) is 6.54 Å². The van der Waals surface area contributed by atoms with Crippen LogP contribution >= 0.6 is 0 Å². The normalized spacial score (nSPS) is 11.8. The summed E-state index contributed by atoms with van der Waals surface area (Å²) in [7, 11) is -3.08. The third-order valence-electron chi connectivity index (χ3n) is 2.64. The van der Waals surface area contributed by atoms with Crippen LogP contribution in [0.1, 0.15) is 20.8 Å². The highest BCUT2D eigenvalue weighted by Crippen LogP contribution is 2.02. The molecule has 1 N–H and O–H groups in total. The summed E-state index contributed by atoms with van der Waals surface area (Å²) >= 11 is 0. The molecule has 1 aromatic rings. The summed E-state index contributed by atoms with van der Waals surface area (Å²) in [6, 6.07) is 1.44. The standard InChI is InChI=1S/C12H21N3O3S/c1-4-19(17,18)6-5-15-12(16)7-11(9-14-15)13-8-10(2)3/h7,9-10,13H,4-6,8H2,1-3H3. The molecular weight excluding hydrogens is 266 g/mol. The van der Waals surface area contributed by atoms with Gasteiger partial charge >= 0.3 is 0 Å². The first-order valence-electron chi connectivity index (χ1n) is 6.35. The van der Waals surface area contributed by atoms with Crippen molar-refractivity contribution < 1.29 is 8.42 Å². The molecule has 0 saturated carbocycles. The van der Waals surface area contributed by atoms with Gasteiger partial charge in [-0.2, -0.15) is 5.10 Å². The molecular formula is C12H21N3O3S. The summed E-state index contributed by atoms with van der Waals surface area (Å²) in [6.07, 6.45) is 1.54. The summed E-state index contributed by atoms with van der Waals surface area (Å²) in [4.78, 5) is 11.8. The largest absolute Gasteiger partial charge is 0.383 e. The molecule has 0 aliphatic rings. The van der Waals surface area contributed by atoms with Gasteiger partial charge in [-0.05, 0) is 5.92 Å². The van der Waals surface area contributed by atoms with E-state index in [-0.39, 0.29) is 23.6 Å². The third-order valence-corrected chi connectivity index (χ3v) is 4.32. The van der Waals surface area contributed by atoms with Gasteiger partial charge in [0, 0.05) is 18.4 Å². The van der Waals surface area contributed by atoms with E-state index >= 15 is 0 Å². The van der Waals surface area contributed by atoms with E-state index in [9.17, 15) is 13.2 Å². The average molecular weight is 287 g/mol. The predicted molar refractivity (Wildman–Crippen MR) is 76.2 cm³/mol. The van der Waals surface area contributed by atoms with E-state index in [2.05, 4.69) is 24.3 Å². The quantitative estimate of drug-likeness (QED) is 0.800. The molecule has 7 heteroatoms. The van der Waals surface area contributed by atoms with Gasteiger partial charge in [0.1, 0.15) is 0 Å². The first-order chi connectivity index (χ1) is 8.84. The Hall–Kier alpha value is -1.37. The van der Waals surface area contributed by atoms with Crippen LogP contribution < -0.4 is 10.9 Å². The topological polar surface area (TPSA) is 81.1 Å². The van der Waals surface area contributed by atoms with Crippen molar-refractivity contribution in [3.8, 4) is 0 Å². The Kier molecular flexibility index (Phi) is 5.53. The molecule has 1 rings (SSSR count). The molecule has 0 fully saturated rings. The number of rotatable bonds is 7. The molecule has 19 heavy (non-hydrogen) atoms. The minimum atomic E-state index is -3.08. The summed E-state index contributed by atoms with van der Waals surface area (Å²) in [5, 5.41) is 7.07. The highest BCUT2D eigenvalue weighted by atomic mass is 32.2. The number of anilines is 1. The van der Waals surface area contributed by atoms with E-state index in [0.29, 0.717) is 11.6 Å². The molecule has 0 radical (unpaired) electrons. The second-order valence-corrected chi connectivity index (χ2v) is 7.29. The van der Waals surface area contributed by atoms with E-state index in [1.54, 1.807) is 13.1 Å². The van der Waals surface area contributed by atoms with Crippen molar-refractivity contribution in [3.63, 3.8) is 0 Å². The van der Waals surface area contributed by atoms with E-state index < -0.39 is 9.84 Å². The smallest absolute Gasteiger partial charge is 0.268 e. The Balaban J connectivity index is 2.70. The molecule has 0 atom stereocenters. The molecule has 0 amide bonds. The maximum absolute atomic E-state index is 11.8. The number of aromatic nitrogens is 2.